The van der Waals surface area contributed by atoms with Crippen LogP contribution in [0.25, 0.3) is 0 Å². The standard InChI is InChI=1S/C15H19N3/c1-12-14(17-10-9-16-12)18-11-15(2,3)13-7-5-4-6-8-13/h4-10H,11H2,1-3H3,(H,17,18). The highest BCUT2D eigenvalue weighted by Gasteiger charge is 2.20. The van der Waals surface area contributed by atoms with Gasteiger partial charge in [0, 0.05) is 24.4 Å². The van der Waals surface area contributed by atoms with Crippen LogP contribution in [0, 0.1) is 6.92 Å². The van der Waals surface area contributed by atoms with Crippen LogP contribution in [0.1, 0.15) is 25.1 Å². The van der Waals surface area contributed by atoms with Gasteiger partial charge in [0.2, 0.25) is 0 Å². The van der Waals surface area contributed by atoms with E-state index in [4.69, 9.17) is 0 Å². The molecule has 0 radical (unpaired) electrons. The maximum Gasteiger partial charge on any atom is 0.147 e. The van der Waals surface area contributed by atoms with Crippen molar-refractivity contribution in [2.75, 3.05) is 11.9 Å². The maximum atomic E-state index is 4.30. The second kappa shape index (κ2) is 5.17. The summed E-state index contributed by atoms with van der Waals surface area (Å²) < 4.78 is 0. The van der Waals surface area contributed by atoms with E-state index in [-0.39, 0.29) is 5.41 Å². The quantitative estimate of drug-likeness (QED) is 0.893. The molecular formula is C15H19N3. The van der Waals surface area contributed by atoms with Crippen molar-refractivity contribution in [2.24, 2.45) is 0 Å². The minimum absolute atomic E-state index is 0.0607. The van der Waals surface area contributed by atoms with Gasteiger partial charge in [-0.15, -0.1) is 0 Å². The molecule has 0 aliphatic carbocycles. The van der Waals surface area contributed by atoms with E-state index in [2.05, 4.69) is 53.4 Å². The highest BCUT2D eigenvalue weighted by Crippen LogP contribution is 2.23. The van der Waals surface area contributed by atoms with Crippen molar-refractivity contribution in [2.45, 2.75) is 26.2 Å². The summed E-state index contributed by atoms with van der Waals surface area (Å²) in [7, 11) is 0. The first-order chi connectivity index (χ1) is 8.59. The summed E-state index contributed by atoms with van der Waals surface area (Å²) in [5.41, 5.74) is 2.31. The summed E-state index contributed by atoms with van der Waals surface area (Å²) >= 11 is 0. The van der Waals surface area contributed by atoms with Gasteiger partial charge in [0.15, 0.2) is 0 Å². The van der Waals surface area contributed by atoms with Crippen LogP contribution in [0.3, 0.4) is 0 Å². The molecule has 1 N–H and O–H groups in total. The molecule has 3 heteroatoms. The Kier molecular flexibility index (Phi) is 3.60. The number of nitrogens with one attached hydrogen (secondary N) is 1. The fourth-order valence-electron chi connectivity index (χ4n) is 1.88. The van der Waals surface area contributed by atoms with Gasteiger partial charge in [-0.2, -0.15) is 0 Å². The number of aromatic nitrogens is 2. The predicted molar refractivity (Wildman–Crippen MR) is 74.7 cm³/mol. The molecule has 0 saturated carbocycles. The number of nitrogens with zero attached hydrogens (tertiary/aromatic N) is 2. The van der Waals surface area contributed by atoms with Crippen LogP contribution in [-0.2, 0) is 5.41 Å². The average molecular weight is 241 g/mol. The molecule has 18 heavy (non-hydrogen) atoms. The lowest BCUT2D eigenvalue weighted by Gasteiger charge is -2.26. The number of anilines is 1. The van der Waals surface area contributed by atoms with Crippen LogP contribution in [-0.4, -0.2) is 16.5 Å². The molecule has 94 valence electrons. The molecule has 0 amide bonds. The third-order valence-electron chi connectivity index (χ3n) is 3.13. The summed E-state index contributed by atoms with van der Waals surface area (Å²) in [6, 6.07) is 10.5. The highest BCUT2D eigenvalue weighted by molar-refractivity contribution is 5.39. The molecule has 1 aromatic carbocycles. The number of benzene rings is 1. The summed E-state index contributed by atoms with van der Waals surface area (Å²) in [6.45, 7) is 7.24. The van der Waals surface area contributed by atoms with Gasteiger partial charge in [0.1, 0.15) is 5.82 Å². The van der Waals surface area contributed by atoms with E-state index < -0.39 is 0 Å². The van der Waals surface area contributed by atoms with Crippen molar-refractivity contribution in [3.05, 3.63) is 54.0 Å². The van der Waals surface area contributed by atoms with E-state index in [9.17, 15) is 0 Å². The zero-order valence-electron chi connectivity index (χ0n) is 11.1. The largest absolute Gasteiger partial charge is 0.368 e. The second-order valence-electron chi connectivity index (χ2n) is 5.09. The van der Waals surface area contributed by atoms with Gasteiger partial charge in [0.05, 0.1) is 5.69 Å². The molecule has 0 unspecified atom stereocenters. The monoisotopic (exact) mass is 241 g/mol. The van der Waals surface area contributed by atoms with Gasteiger partial charge in [-0.3, -0.25) is 4.98 Å². The SMILES string of the molecule is Cc1nccnc1NCC(C)(C)c1ccccc1. The molecule has 2 rings (SSSR count). The van der Waals surface area contributed by atoms with Crippen molar-refractivity contribution in [3.63, 3.8) is 0 Å². The molecule has 1 aromatic heterocycles. The normalized spacial score (nSPS) is 11.3. The Labute approximate surface area is 108 Å². The van der Waals surface area contributed by atoms with Crippen LogP contribution >= 0.6 is 0 Å². The Hall–Kier alpha value is -1.90. The van der Waals surface area contributed by atoms with Gasteiger partial charge in [0.25, 0.3) is 0 Å². The van der Waals surface area contributed by atoms with Gasteiger partial charge in [-0.1, -0.05) is 44.2 Å². The number of hydrogen-bond acceptors (Lipinski definition) is 3. The predicted octanol–water partition coefficient (Wildman–Crippen LogP) is 3.17. The zero-order chi connectivity index (χ0) is 13.0. The van der Waals surface area contributed by atoms with Crippen molar-refractivity contribution in [3.8, 4) is 0 Å². The number of hydrogen-bond donors (Lipinski definition) is 1. The van der Waals surface area contributed by atoms with Crippen LogP contribution < -0.4 is 5.32 Å². The minimum atomic E-state index is 0.0607. The van der Waals surface area contributed by atoms with E-state index in [1.807, 2.05) is 13.0 Å². The van der Waals surface area contributed by atoms with Crippen LogP contribution in [0.15, 0.2) is 42.7 Å². The Bertz CT molecular complexity index is 506. The van der Waals surface area contributed by atoms with Gasteiger partial charge in [-0.05, 0) is 12.5 Å². The van der Waals surface area contributed by atoms with Gasteiger partial charge >= 0.3 is 0 Å². The maximum absolute atomic E-state index is 4.30. The molecular weight excluding hydrogens is 222 g/mol. The third-order valence-corrected chi connectivity index (χ3v) is 3.13. The Morgan fingerprint density at radius 1 is 1.06 bits per heavy atom. The summed E-state index contributed by atoms with van der Waals surface area (Å²) in [6.07, 6.45) is 3.42. The molecule has 0 bridgehead atoms. The fraction of sp³-hybridized carbons (Fsp3) is 0.333. The van der Waals surface area contributed by atoms with Crippen molar-refractivity contribution < 1.29 is 0 Å². The molecule has 0 saturated heterocycles. The molecule has 2 aromatic rings. The molecule has 0 aliphatic rings. The highest BCUT2D eigenvalue weighted by atomic mass is 15.0. The first-order valence-electron chi connectivity index (χ1n) is 6.16. The first-order valence-corrected chi connectivity index (χ1v) is 6.16. The van der Waals surface area contributed by atoms with E-state index in [0.29, 0.717) is 0 Å². The van der Waals surface area contributed by atoms with Crippen molar-refractivity contribution in [1.29, 1.82) is 0 Å². The summed E-state index contributed by atoms with van der Waals surface area (Å²) in [4.78, 5) is 8.53. The van der Waals surface area contributed by atoms with Gasteiger partial charge in [-0.25, -0.2) is 4.98 Å². The molecule has 0 spiro atoms. The van der Waals surface area contributed by atoms with Crippen LogP contribution in [0.2, 0.25) is 0 Å². The molecule has 0 fully saturated rings. The second-order valence-corrected chi connectivity index (χ2v) is 5.09. The third kappa shape index (κ3) is 2.86. The Balaban J connectivity index is 2.08. The van der Waals surface area contributed by atoms with E-state index >= 15 is 0 Å². The summed E-state index contributed by atoms with van der Waals surface area (Å²) in [5.74, 6) is 0.863. The Morgan fingerprint density at radius 3 is 2.39 bits per heavy atom. The Morgan fingerprint density at radius 2 is 1.72 bits per heavy atom. The topological polar surface area (TPSA) is 37.8 Å². The van der Waals surface area contributed by atoms with E-state index in [0.717, 1.165) is 18.1 Å². The molecule has 1 heterocycles. The molecule has 0 atom stereocenters. The van der Waals surface area contributed by atoms with E-state index in [1.54, 1.807) is 12.4 Å². The smallest absolute Gasteiger partial charge is 0.147 e. The molecule has 0 aliphatic heterocycles. The first kappa shape index (κ1) is 12.6. The van der Waals surface area contributed by atoms with Crippen molar-refractivity contribution in [1.82, 2.24) is 9.97 Å². The van der Waals surface area contributed by atoms with Gasteiger partial charge < -0.3 is 5.32 Å². The lowest BCUT2D eigenvalue weighted by atomic mass is 9.84. The molecule has 3 nitrogen and oxygen atoms in total. The van der Waals surface area contributed by atoms with Crippen LogP contribution in [0.5, 0.6) is 0 Å². The van der Waals surface area contributed by atoms with Crippen molar-refractivity contribution >= 4 is 5.82 Å². The summed E-state index contributed by atoms with van der Waals surface area (Å²) in [5, 5.41) is 3.38. The lowest BCUT2D eigenvalue weighted by Crippen LogP contribution is -2.28. The number of rotatable bonds is 4. The lowest BCUT2D eigenvalue weighted by molar-refractivity contribution is 0.556. The minimum Gasteiger partial charge on any atom is -0.368 e. The van der Waals surface area contributed by atoms with Crippen LogP contribution in [0.4, 0.5) is 5.82 Å². The van der Waals surface area contributed by atoms with E-state index in [1.165, 1.54) is 5.56 Å². The fourth-order valence-corrected chi connectivity index (χ4v) is 1.88. The average Bonchev–Trinajstić information content (AvgIpc) is 2.39. The zero-order valence-corrected chi connectivity index (χ0v) is 11.1. The number of aryl methyl sites for hydroxylation is 1.